The minimum Gasteiger partial charge on any atom is -0.349 e. The molecule has 1 aliphatic heterocycles. The highest BCUT2D eigenvalue weighted by atomic mass is 32.2. The Morgan fingerprint density at radius 1 is 1.11 bits per heavy atom. The minimum absolute atomic E-state index is 0.0593. The summed E-state index contributed by atoms with van der Waals surface area (Å²) in [4.78, 5) is 20.3. The van der Waals surface area contributed by atoms with E-state index < -0.39 is 0 Å². The summed E-state index contributed by atoms with van der Waals surface area (Å²) in [6, 6.07) is 18.0. The number of aromatic amines is 1. The van der Waals surface area contributed by atoms with Gasteiger partial charge in [-0.2, -0.15) is 0 Å². The van der Waals surface area contributed by atoms with Gasteiger partial charge in [-0.3, -0.25) is 4.79 Å². The van der Waals surface area contributed by atoms with Gasteiger partial charge in [0.2, 0.25) is 0 Å². The van der Waals surface area contributed by atoms with Crippen LogP contribution in [-0.2, 0) is 6.42 Å². The minimum atomic E-state index is -0.135. The summed E-state index contributed by atoms with van der Waals surface area (Å²) in [6.07, 6.45) is 5.44. The summed E-state index contributed by atoms with van der Waals surface area (Å²) in [5.41, 5.74) is 3.05. The number of thioether (sulfide) groups is 2. The molecular formula is C22H23N3OS2. The van der Waals surface area contributed by atoms with Crippen molar-refractivity contribution in [1.29, 1.82) is 0 Å². The number of imidazole rings is 1. The molecule has 0 aliphatic carbocycles. The van der Waals surface area contributed by atoms with E-state index in [2.05, 4.69) is 27.4 Å². The summed E-state index contributed by atoms with van der Waals surface area (Å²) >= 11 is 3.99. The summed E-state index contributed by atoms with van der Waals surface area (Å²) in [6.45, 7) is 0. The van der Waals surface area contributed by atoms with Crippen LogP contribution in [0.3, 0.4) is 0 Å². The van der Waals surface area contributed by atoms with Crippen molar-refractivity contribution in [3.8, 4) is 0 Å². The third kappa shape index (κ3) is 4.80. The molecular weight excluding hydrogens is 386 g/mol. The molecule has 4 rings (SSSR count). The van der Waals surface area contributed by atoms with Crippen LogP contribution in [0.15, 0.2) is 67.0 Å². The number of nitrogens with zero attached hydrogens (tertiary/aromatic N) is 1. The lowest BCUT2D eigenvalue weighted by Crippen LogP contribution is -2.30. The quantitative estimate of drug-likeness (QED) is 0.602. The van der Waals surface area contributed by atoms with Crippen LogP contribution < -0.4 is 5.32 Å². The fourth-order valence-corrected chi connectivity index (χ4v) is 6.15. The normalized spacial score (nSPS) is 15.9. The highest BCUT2D eigenvalue weighted by molar-refractivity contribution is 8.16. The molecule has 0 radical (unpaired) electrons. The second-order valence-corrected chi connectivity index (χ2v) is 9.45. The first-order valence-electron chi connectivity index (χ1n) is 9.47. The molecule has 0 bridgehead atoms. The van der Waals surface area contributed by atoms with Gasteiger partial charge in [0.05, 0.1) is 10.6 Å². The zero-order valence-electron chi connectivity index (χ0n) is 15.5. The van der Waals surface area contributed by atoms with E-state index in [1.54, 1.807) is 12.4 Å². The van der Waals surface area contributed by atoms with Crippen molar-refractivity contribution in [2.75, 3.05) is 11.5 Å². The first-order chi connectivity index (χ1) is 13.8. The Morgan fingerprint density at radius 3 is 2.54 bits per heavy atom. The van der Waals surface area contributed by atoms with Crippen LogP contribution >= 0.6 is 23.5 Å². The third-order valence-electron chi connectivity index (χ3n) is 4.73. The van der Waals surface area contributed by atoms with E-state index >= 15 is 0 Å². The lowest BCUT2D eigenvalue weighted by molar-refractivity contribution is 0.0936. The summed E-state index contributed by atoms with van der Waals surface area (Å²) < 4.78 is 0.488. The zero-order chi connectivity index (χ0) is 19.2. The molecule has 6 heteroatoms. The van der Waals surface area contributed by atoms with Gasteiger partial charge in [0.25, 0.3) is 5.91 Å². The Labute approximate surface area is 173 Å². The molecule has 1 fully saturated rings. The number of carbonyl (C=O) groups is 1. The standard InChI is InChI=1S/C22H23N3OS2/c26-21(17-7-9-18(10-8-17)22-27-13-4-14-28-22)25-19(15-20-23-11-12-24-20)16-5-2-1-3-6-16/h1-3,5-12,19,22H,4,13-15H2,(H,23,24)(H,25,26)/t19-/m1/s1. The molecule has 144 valence electrons. The third-order valence-corrected chi connectivity index (χ3v) is 7.75. The number of hydrogen-bond acceptors (Lipinski definition) is 4. The topological polar surface area (TPSA) is 57.8 Å². The fourth-order valence-electron chi connectivity index (χ4n) is 3.25. The number of nitrogens with one attached hydrogen (secondary N) is 2. The van der Waals surface area contributed by atoms with Crippen molar-refractivity contribution >= 4 is 29.4 Å². The van der Waals surface area contributed by atoms with Gasteiger partial charge in [-0.15, -0.1) is 23.5 Å². The van der Waals surface area contributed by atoms with Gasteiger partial charge in [-0.05, 0) is 41.2 Å². The van der Waals surface area contributed by atoms with Gasteiger partial charge >= 0.3 is 0 Å². The Kier molecular flexibility index (Phi) is 6.39. The molecule has 1 aliphatic rings. The Hall–Kier alpha value is -2.18. The van der Waals surface area contributed by atoms with E-state index in [1.807, 2.05) is 66.0 Å². The SMILES string of the molecule is O=C(N[C@H](Cc1ncc[nH]1)c1ccccc1)c1ccc(C2SCCCS2)cc1. The molecule has 0 saturated carbocycles. The number of H-pyrrole nitrogens is 1. The molecule has 0 spiro atoms. The highest BCUT2D eigenvalue weighted by Crippen LogP contribution is 2.43. The maximum Gasteiger partial charge on any atom is 0.251 e. The predicted octanol–water partition coefficient (Wildman–Crippen LogP) is 4.99. The van der Waals surface area contributed by atoms with Crippen LogP contribution in [-0.4, -0.2) is 27.4 Å². The summed E-state index contributed by atoms with van der Waals surface area (Å²) in [5, 5.41) is 3.18. The molecule has 1 atom stereocenters. The summed E-state index contributed by atoms with van der Waals surface area (Å²) in [7, 11) is 0. The fraction of sp³-hybridized carbons (Fsp3) is 0.273. The lowest BCUT2D eigenvalue weighted by atomic mass is 10.0. The van der Waals surface area contributed by atoms with Gasteiger partial charge < -0.3 is 10.3 Å². The van der Waals surface area contributed by atoms with Gasteiger partial charge in [-0.25, -0.2) is 4.98 Å². The number of carbonyl (C=O) groups excluding carboxylic acids is 1. The first kappa shape index (κ1) is 19.2. The highest BCUT2D eigenvalue weighted by Gasteiger charge is 2.19. The molecule has 1 amide bonds. The average Bonchev–Trinajstić information content (AvgIpc) is 3.28. The molecule has 3 aromatic rings. The molecule has 0 unspecified atom stereocenters. The molecule has 28 heavy (non-hydrogen) atoms. The summed E-state index contributed by atoms with van der Waals surface area (Å²) in [5.74, 6) is 3.23. The van der Waals surface area contributed by atoms with Gasteiger partial charge in [0.1, 0.15) is 5.82 Å². The Morgan fingerprint density at radius 2 is 1.86 bits per heavy atom. The van der Waals surface area contributed by atoms with Crippen LogP contribution in [0.4, 0.5) is 0 Å². The van der Waals surface area contributed by atoms with Crippen molar-refractivity contribution < 1.29 is 4.79 Å². The van der Waals surface area contributed by atoms with Crippen LogP contribution in [0, 0.1) is 0 Å². The molecule has 4 nitrogen and oxygen atoms in total. The number of amides is 1. The van der Waals surface area contributed by atoms with E-state index in [9.17, 15) is 4.79 Å². The van der Waals surface area contributed by atoms with E-state index in [0.717, 1.165) is 11.4 Å². The molecule has 1 aromatic heterocycles. The van der Waals surface area contributed by atoms with Crippen molar-refractivity contribution in [2.24, 2.45) is 0 Å². The van der Waals surface area contributed by atoms with Crippen molar-refractivity contribution in [3.63, 3.8) is 0 Å². The van der Waals surface area contributed by atoms with Crippen LogP contribution in [0.2, 0.25) is 0 Å². The average molecular weight is 410 g/mol. The molecule has 1 saturated heterocycles. The van der Waals surface area contributed by atoms with Crippen molar-refractivity contribution in [3.05, 3.63) is 89.5 Å². The van der Waals surface area contributed by atoms with Crippen LogP contribution in [0.25, 0.3) is 0 Å². The Bertz CT molecular complexity index is 876. The van der Waals surface area contributed by atoms with E-state index in [-0.39, 0.29) is 11.9 Å². The maximum absolute atomic E-state index is 12.9. The predicted molar refractivity (Wildman–Crippen MR) is 118 cm³/mol. The number of hydrogen-bond donors (Lipinski definition) is 2. The van der Waals surface area contributed by atoms with Gasteiger partial charge in [0.15, 0.2) is 0 Å². The van der Waals surface area contributed by atoms with Crippen LogP contribution in [0.1, 0.15) is 44.4 Å². The second kappa shape index (κ2) is 9.34. The van der Waals surface area contributed by atoms with Crippen molar-refractivity contribution in [1.82, 2.24) is 15.3 Å². The van der Waals surface area contributed by atoms with E-state index in [4.69, 9.17) is 0 Å². The lowest BCUT2D eigenvalue weighted by Gasteiger charge is -2.21. The number of benzene rings is 2. The maximum atomic E-state index is 12.9. The van der Waals surface area contributed by atoms with E-state index in [0.29, 0.717) is 16.6 Å². The van der Waals surface area contributed by atoms with Crippen LogP contribution in [0.5, 0.6) is 0 Å². The van der Waals surface area contributed by atoms with E-state index in [1.165, 1.54) is 23.5 Å². The second-order valence-electron chi connectivity index (χ2n) is 6.73. The molecule has 2 aromatic carbocycles. The Balaban J connectivity index is 1.47. The monoisotopic (exact) mass is 409 g/mol. The van der Waals surface area contributed by atoms with Gasteiger partial charge in [0, 0.05) is 24.4 Å². The first-order valence-corrected chi connectivity index (χ1v) is 11.6. The zero-order valence-corrected chi connectivity index (χ0v) is 17.1. The largest absolute Gasteiger partial charge is 0.349 e. The molecule has 2 N–H and O–H groups in total. The smallest absolute Gasteiger partial charge is 0.251 e. The van der Waals surface area contributed by atoms with Crippen molar-refractivity contribution in [2.45, 2.75) is 23.5 Å². The molecule has 2 heterocycles. The number of rotatable bonds is 6. The number of aromatic nitrogens is 2. The van der Waals surface area contributed by atoms with Gasteiger partial charge in [-0.1, -0.05) is 42.5 Å².